The van der Waals surface area contributed by atoms with E-state index >= 15 is 0 Å². The molecule has 0 heterocycles. The van der Waals surface area contributed by atoms with Crippen LogP contribution in [0.25, 0.3) is 0 Å². The first-order valence-corrected chi connectivity index (χ1v) is 11.7. The molecule has 2 aromatic rings. The molecule has 2 aromatic carbocycles. The minimum atomic E-state index is -1.28. The summed E-state index contributed by atoms with van der Waals surface area (Å²) in [6.07, 6.45) is 5.08. The second-order valence-electron chi connectivity index (χ2n) is 9.28. The third kappa shape index (κ3) is 8.69. The molecule has 0 aliphatic rings. The van der Waals surface area contributed by atoms with Crippen LogP contribution in [0.3, 0.4) is 0 Å². The van der Waals surface area contributed by atoms with E-state index in [2.05, 4.69) is 21.4 Å². The standard InChI is InChI=1S/C28H33N3O6/c1-7-31(24(21-16-12-11-13-19(21)2)25(33)29-18-23(32)36-6)26(34)22(17-20-14-9-8-10-15-20)30-27(35)37-28(3,4)5/h1,8-16,22,24H,17-18H2,2-6H3,(H,29,33)(H,30,35). The molecule has 37 heavy (non-hydrogen) atoms. The largest absolute Gasteiger partial charge is 0.468 e. The van der Waals surface area contributed by atoms with Gasteiger partial charge < -0.3 is 20.1 Å². The number of alkyl carbamates (subject to hydrolysis) is 1. The van der Waals surface area contributed by atoms with E-state index in [0.29, 0.717) is 11.1 Å². The number of hydrogen-bond acceptors (Lipinski definition) is 6. The predicted octanol–water partition coefficient (Wildman–Crippen LogP) is 2.88. The number of nitrogens with zero attached hydrogens (tertiary/aromatic N) is 1. The van der Waals surface area contributed by atoms with Gasteiger partial charge in [0.05, 0.1) is 7.11 Å². The summed E-state index contributed by atoms with van der Waals surface area (Å²) in [6, 6.07) is 15.9. The minimum absolute atomic E-state index is 0.0986. The van der Waals surface area contributed by atoms with E-state index in [4.69, 9.17) is 11.2 Å². The lowest BCUT2D eigenvalue weighted by Crippen LogP contribution is -2.52. The molecule has 196 valence electrons. The van der Waals surface area contributed by atoms with Crippen LogP contribution in [0.2, 0.25) is 0 Å². The molecule has 9 heteroatoms. The predicted molar refractivity (Wildman–Crippen MR) is 138 cm³/mol. The Balaban J connectivity index is 2.47. The van der Waals surface area contributed by atoms with Gasteiger partial charge in [-0.25, -0.2) is 4.79 Å². The molecule has 0 spiro atoms. The maximum absolute atomic E-state index is 13.8. The molecule has 2 atom stereocenters. The molecule has 2 unspecified atom stereocenters. The molecule has 0 aliphatic carbocycles. The van der Waals surface area contributed by atoms with Crippen molar-refractivity contribution < 1.29 is 28.7 Å². The molecule has 3 amide bonds. The highest BCUT2D eigenvalue weighted by atomic mass is 16.6. The SMILES string of the molecule is C#CN(C(=O)C(Cc1ccccc1)NC(=O)OC(C)(C)C)C(C(=O)NCC(=O)OC)c1ccccc1C. The van der Waals surface area contributed by atoms with Crippen molar-refractivity contribution in [2.75, 3.05) is 13.7 Å². The van der Waals surface area contributed by atoms with Crippen molar-refractivity contribution in [2.24, 2.45) is 0 Å². The van der Waals surface area contributed by atoms with Crippen LogP contribution in [0.4, 0.5) is 4.79 Å². The van der Waals surface area contributed by atoms with Crippen LogP contribution >= 0.6 is 0 Å². The van der Waals surface area contributed by atoms with Crippen LogP contribution in [0, 0.1) is 19.4 Å². The Morgan fingerprint density at radius 3 is 2.22 bits per heavy atom. The first-order valence-electron chi connectivity index (χ1n) is 11.7. The lowest BCUT2D eigenvalue weighted by molar-refractivity contribution is -0.142. The number of terminal acetylenes is 1. The number of aryl methyl sites for hydroxylation is 1. The Kier molecular flexibility index (Phi) is 10.3. The molecular weight excluding hydrogens is 474 g/mol. The van der Waals surface area contributed by atoms with Gasteiger partial charge >= 0.3 is 12.1 Å². The number of ether oxygens (including phenoxy) is 2. The van der Waals surface area contributed by atoms with Crippen LogP contribution in [0.1, 0.15) is 43.5 Å². The van der Waals surface area contributed by atoms with Gasteiger partial charge in [0.1, 0.15) is 24.2 Å². The summed E-state index contributed by atoms with van der Waals surface area (Å²) in [5, 5.41) is 5.08. The second kappa shape index (κ2) is 13.1. The zero-order chi connectivity index (χ0) is 27.6. The van der Waals surface area contributed by atoms with Crippen LogP contribution in [0.15, 0.2) is 54.6 Å². The molecule has 0 saturated heterocycles. The van der Waals surface area contributed by atoms with Crippen molar-refractivity contribution >= 4 is 23.9 Å². The summed E-state index contributed by atoms with van der Waals surface area (Å²) in [5.74, 6) is -2.04. The Bertz CT molecular complexity index is 1150. The number of nitrogens with one attached hydrogen (secondary N) is 2. The zero-order valence-electron chi connectivity index (χ0n) is 21.7. The fourth-order valence-electron chi connectivity index (χ4n) is 3.55. The van der Waals surface area contributed by atoms with E-state index in [1.54, 1.807) is 76.2 Å². The van der Waals surface area contributed by atoms with E-state index in [1.165, 1.54) is 7.11 Å². The van der Waals surface area contributed by atoms with Crippen molar-refractivity contribution in [1.82, 2.24) is 15.5 Å². The number of esters is 1. The monoisotopic (exact) mass is 507 g/mol. The molecule has 0 bridgehead atoms. The van der Waals surface area contributed by atoms with E-state index in [9.17, 15) is 19.2 Å². The fraction of sp³-hybridized carbons (Fsp3) is 0.357. The van der Waals surface area contributed by atoms with Gasteiger partial charge in [-0.05, 0) is 44.4 Å². The van der Waals surface area contributed by atoms with Crippen LogP contribution < -0.4 is 10.6 Å². The highest BCUT2D eigenvalue weighted by Crippen LogP contribution is 2.25. The van der Waals surface area contributed by atoms with E-state index in [1.807, 2.05) is 6.07 Å². The number of methoxy groups -OCH3 is 1. The maximum atomic E-state index is 13.8. The third-order valence-electron chi connectivity index (χ3n) is 5.27. The van der Waals surface area contributed by atoms with Crippen LogP contribution in [-0.2, 0) is 30.3 Å². The third-order valence-corrected chi connectivity index (χ3v) is 5.27. The number of hydrogen-bond donors (Lipinski definition) is 2. The molecule has 0 aromatic heterocycles. The second-order valence-corrected chi connectivity index (χ2v) is 9.28. The highest BCUT2D eigenvalue weighted by molar-refractivity contribution is 5.94. The van der Waals surface area contributed by atoms with Gasteiger partial charge in [-0.15, -0.1) is 0 Å². The molecular formula is C28H33N3O6. The summed E-state index contributed by atoms with van der Waals surface area (Å²) in [7, 11) is 1.20. The van der Waals surface area contributed by atoms with Crippen LogP contribution in [-0.4, -0.2) is 54.1 Å². The first-order chi connectivity index (χ1) is 17.5. The Labute approximate surface area is 217 Å². The summed E-state index contributed by atoms with van der Waals surface area (Å²) in [6.45, 7) is 6.47. The van der Waals surface area contributed by atoms with Crippen molar-refractivity contribution in [3.8, 4) is 12.5 Å². The molecule has 2 N–H and O–H groups in total. The normalized spacial score (nSPS) is 12.3. The number of benzene rings is 2. The highest BCUT2D eigenvalue weighted by Gasteiger charge is 2.36. The van der Waals surface area contributed by atoms with Gasteiger partial charge in [-0.1, -0.05) is 61.0 Å². The Morgan fingerprint density at radius 2 is 1.65 bits per heavy atom. The topological polar surface area (TPSA) is 114 Å². The fourth-order valence-corrected chi connectivity index (χ4v) is 3.55. The summed E-state index contributed by atoms with van der Waals surface area (Å²) >= 11 is 0. The smallest absolute Gasteiger partial charge is 0.408 e. The van der Waals surface area contributed by atoms with E-state index in [0.717, 1.165) is 10.5 Å². The molecule has 0 aliphatic heterocycles. The number of carbonyl (C=O) groups is 4. The molecule has 2 rings (SSSR count). The quantitative estimate of drug-likeness (QED) is 0.307. The average molecular weight is 508 g/mol. The van der Waals surface area contributed by atoms with Gasteiger partial charge in [-0.3, -0.25) is 19.3 Å². The van der Waals surface area contributed by atoms with Crippen molar-refractivity contribution in [3.05, 3.63) is 71.3 Å². The molecule has 9 nitrogen and oxygen atoms in total. The Morgan fingerprint density at radius 1 is 1.03 bits per heavy atom. The number of amides is 3. The van der Waals surface area contributed by atoms with Gasteiger partial charge in [-0.2, -0.15) is 0 Å². The summed E-state index contributed by atoms with van der Waals surface area (Å²) < 4.78 is 9.95. The Hall–Kier alpha value is -4.32. The summed E-state index contributed by atoms with van der Waals surface area (Å²) in [4.78, 5) is 52.3. The van der Waals surface area contributed by atoms with E-state index < -0.39 is 48.1 Å². The average Bonchev–Trinajstić information content (AvgIpc) is 2.85. The van der Waals surface area contributed by atoms with Gasteiger partial charge in [0.25, 0.3) is 5.91 Å². The molecule has 0 saturated carbocycles. The van der Waals surface area contributed by atoms with Crippen LogP contribution in [0.5, 0.6) is 0 Å². The summed E-state index contributed by atoms with van der Waals surface area (Å²) in [5.41, 5.74) is 1.13. The maximum Gasteiger partial charge on any atom is 0.408 e. The van der Waals surface area contributed by atoms with Crippen molar-refractivity contribution in [2.45, 2.75) is 51.8 Å². The lowest BCUT2D eigenvalue weighted by Gasteiger charge is -2.31. The van der Waals surface area contributed by atoms with Crippen molar-refractivity contribution in [1.29, 1.82) is 0 Å². The zero-order valence-corrected chi connectivity index (χ0v) is 21.7. The number of carbonyl (C=O) groups excluding carboxylic acids is 4. The lowest BCUT2D eigenvalue weighted by atomic mass is 9.97. The van der Waals surface area contributed by atoms with Gasteiger partial charge in [0, 0.05) is 12.5 Å². The van der Waals surface area contributed by atoms with Gasteiger partial charge in [0.15, 0.2) is 0 Å². The molecule has 0 radical (unpaired) electrons. The molecule has 0 fully saturated rings. The minimum Gasteiger partial charge on any atom is -0.468 e. The number of rotatable bonds is 9. The van der Waals surface area contributed by atoms with E-state index in [-0.39, 0.29) is 6.42 Å². The van der Waals surface area contributed by atoms with Crippen molar-refractivity contribution in [3.63, 3.8) is 0 Å². The van der Waals surface area contributed by atoms with Gasteiger partial charge in [0.2, 0.25) is 5.91 Å². The first kappa shape index (κ1) is 28.9.